The van der Waals surface area contributed by atoms with E-state index >= 15 is 0 Å². The van der Waals surface area contributed by atoms with Crippen molar-refractivity contribution >= 4 is 16.8 Å². The van der Waals surface area contributed by atoms with Crippen LogP contribution in [0.1, 0.15) is 39.7 Å². The highest BCUT2D eigenvalue weighted by Crippen LogP contribution is 2.25. The zero-order valence-electron chi connectivity index (χ0n) is 14.1. The van der Waals surface area contributed by atoms with Gasteiger partial charge in [-0.25, -0.2) is 4.21 Å². The Morgan fingerprint density at radius 3 is 2.21 bits per heavy atom. The van der Waals surface area contributed by atoms with Gasteiger partial charge in [0.2, 0.25) is 11.1 Å². The monoisotopic (exact) mass is 365 g/mol. The van der Waals surface area contributed by atoms with Crippen molar-refractivity contribution in [1.29, 1.82) is 0 Å². The summed E-state index contributed by atoms with van der Waals surface area (Å²) < 4.78 is 60.6. The Bertz CT molecular complexity index is 578. The van der Waals surface area contributed by atoms with Crippen LogP contribution in [0.5, 0.6) is 5.75 Å². The molecule has 0 saturated heterocycles. The molecular weight excluding hydrogens is 343 g/mol. The molecule has 0 aliphatic rings. The van der Waals surface area contributed by atoms with Crippen molar-refractivity contribution in [2.24, 2.45) is 10.6 Å². The molecular formula is C16H22F3NO3S. The van der Waals surface area contributed by atoms with Gasteiger partial charge in [0.05, 0.1) is 12.4 Å². The molecule has 8 heteroatoms. The highest BCUT2D eigenvalue weighted by Gasteiger charge is 2.38. The third-order valence-electron chi connectivity index (χ3n) is 2.65. The largest absolute Gasteiger partial charge is 0.493 e. The lowest BCUT2D eigenvalue weighted by Crippen LogP contribution is -2.24. The molecule has 1 aromatic rings. The summed E-state index contributed by atoms with van der Waals surface area (Å²) in [6.45, 7) is 8.15. The minimum Gasteiger partial charge on any atom is -0.493 e. The van der Waals surface area contributed by atoms with E-state index in [-0.39, 0.29) is 16.7 Å². The topological polar surface area (TPSA) is 47.9 Å². The van der Waals surface area contributed by atoms with Crippen molar-refractivity contribution < 1.29 is 26.4 Å². The molecule has 1 atom stereocenters. The predicted molar refractivity (Wildman–Crippen MR) is 88.4 cm³/mol. The number of nitrogens with zero attached hydrogens (tertiary/aromatic N) is 1. The van der Waals surface area contributed by atoms with Gasteiger partial charge in [0.1, 0.15) is 5.75 Å². The zero-order valence-corrected chi connectivity index (χ0v) is 15.0. The summed E-state index contributed by atoms with van der Waals surface area (Å²) in [5.74, 6) is 0.583. The average Bonchev–Trinajstić information content (AvgIpc) is 2.44. The maximum Gasteiger partial charge on any atom is 0.437 e. The lowest BCUT2D eigenvalue weighted by molar-refractivity contribution is -0.0596. The fraction of sp³-hybridized carbons (Fsp3) is 0.562. The Morgan fingerprint density at radius 1 is 1.17 bits per heavy atom. The molecule has 0 saturated carbocycles. The Kier molecular flexibility index (Phi) is 7.26. The molecule has 0 N–H and O–H groups in total. The van der Waals surface area contributed by atoms with Gasteiger partial charge in [-0.2, -0.15) is 13.2 Å². The van der Waals surface area contributed by atoms with Crippen LogP contribution < -0.4 is 4.74 Å². The van der Waals surface area contributed by atoms with E-state index in [1.54, 1.807) is 6.92 Å². The molecule has 0 bridgehead atoms. The molecule has 0 spiro atoms. The van der Waals surface area contributed by atoms with Crippen LogP contribution in [0.15, 0.2) is 29.4 Å². The van der Waals surface area contributed by atoms with E-state index in [1.807, 2.05) is 20.8 Å². The van der Waals surface area contributed by atoms with Crippen LogP contribution in [0, 0.1) is 5.41 Å². The Hall–Kier alpha value is -1.57. The molecule has 0 aliphatic heterocycles. The molecule has 0 heterocycles. The summed E-state index contributed by atoms with van der Waals surface area (Å²) in [6.07, 6.45) is -4.20. The van der Waals surface area contributed by atoms with Crippen LogP contribution in [0.3, 0.4) is 0 Å². The van der Waals surface area contributed by atoms with Crippen LogP contribution in [-0.4, -0.2) is 28.5 Å². The molecule has 0 fully saturated rings. The first kappa shape index (κ1) is 20.5. The Labute approximate surface area is 142 Å². The summed E-state index contributed by atoms with van der Waals surface area (Å²) in [6, 6.07) is 5.36. The highest BCUT2D eigenvalue weighted by molar-refractivity contribution is 7.80. The molecule has 1 unspecified atom stereocenters. The third-order valence-corrected chi connectivity index (χ3v) is 3.63. The number of benzene rings is 1. The van der Waals surface area contributed by atoms with Crippen molar-refractivity contribution in [2.75, 3.05) is 12.4 Å². The maximum absolute atomic E-state index is 13.1. The van der Waals surface area contributed by atoms with Gasteiger partial charge in [0.25, 0.3) is 0 Å². The zero-order chi connectivity index (χ0) is 18.4. The van der Waals surface area contributed by atoms with Crippen LogP contribution in [0.4, 0.5) is 13.2 Å². The van der Waals surface area contributed by atoms with Gasteiger partial charge < -0.3 is 4.74 Å². The normalized spacial score (nSPS) is 14.4. The first-order valence-electron chi connectivity index (χ1n) is 7.47. The fourth-order valence-electron chi connectivity index (χ4n) is 1.56. The van der Waals surface area contributed by atoms with Crippen LogP contribution in [0.2, 0.25) is 0 Å². The minimum absolute atomic E-state index is 0.0611. The fourth-order valence-corrected chi connectivity index (χ4v) is 2.13. The van der Waals surface area contributed by atoms with E-state index < -0.39 is 23.0 Å². The number of hydrogen-bond acceptors (Lipinski definition) is 4. The molecule has 0 amide bonds. The molecule has 0 radical (unpaired) electrons. The number of alkyl halides is 3. The third kappa shape index (κ3) is 7.33. The van der Waals surface area contributed by atoms with Crippen molar-refractivity contribution in [3.8, 4) is 5.75 Å². The average molecular weight is 365 g/mol. The Balaban J connectivity index is 2.92. The highest BCUT2D eigenvalue weighted by atomic mass is 32.2. The summed E-state index contributed by atoms with van der Waals surface area (Å²) in [4.78, 5) is 0. The second-order valence-corrected chi connectivity index (χ2v) is 7.56. The van der Waals surface area contributed by atoms with Crippen molar-refractivity contribution in [3.63, 3.8) is 0 Å². The molecule has 4 nitrogen and oxygen atoms in total. The van der Waals surface area contributed by atoms with E-state index in [0.29, 0.717) is 18.8 Å². The van der Waals surface area contributed by atoms with Gasteiger partial charge >= 0.3 is 6.18 Å². The smallest absolute Gasteiger partial charge is 0.437 e. The number of hydrogen-bond donors (Lipinski definition) is 0. The van der Waals surface area contributed by atoms with Gasteiger partial charge in [-0.3, -0.25) is 4.28 Å². The minimum atomic E-state index is -4.72. The molecule has 1 rings (SSSR count). The van der Waals surface area contributed by atoms with E-state index in [4.69, 9.17) is 4.74 Å². The SMILES string of the molecule is CCCS(=O)O/N=C(/c1ccc(OCC(C)(C)C)cc1)C(F)(F)F. The van der Waals surface area contributed by atoms with E-state index in [9.17, 15) is 17.4 Å². The first-order chi connectivity index (χ1) is 11.0. The van der Waals surface area contributed by atoms with E-state index in [2.05, 4.69) is 9.44 Å². The maximum atomic E-state index is 13.1. The predicted octanol–water partition coefficient (Wildman–Crippen LogP) is 4.47. The van der Waals surface area contributed by atoms with Crippen LogP contribution >= 0.6 is 0 Å². The van der Waals surface area contributed by atoms with Gasteiger partial charge in [-0.1, -0.05) is 32.9 Å². The van der Waals surface area contributed by atoms with Gasteiger partial charge in [0, 0.05) is 5.56 Å². The number of halogens is 3. The summed E-state index contributed by atoms with van der Waals surface area (Å²) in [5.41, 5.74) is -1.47. The van der Waals surface area contributed by atoms with Gasteiger partial charge in [-0.15, -0.1) is 0 Å². The lowest BCUT2D eigenvalue weighted by atomic mass is 9.99. The molecule has 1 aromatic carbocycles. The van der Waals surface area contributed by atoms with Crippen molar-refractivity contribution in [2.45, 2.75) is 40.3 Å². The summed E-state index contributed by atoms with van der Waals surface area (Å²) >= 11 is -1.88. The molecule has 24 heavy (non-hydrogen) atoms. The molecule has 0 aliphatic carbocycles. The second kappa shape index (κ2) is 8.50. The molecule has 0 aromatic heterocycles. The quantitative estimate of drug-likeness (QED) is 0.529. The first-order valence-corrected chi connectivity index (χ1v) is 8.71. The number of ether oxygens (including phenoxy) is 1. The molecule has 136 valence electrons. The van der Waals surface area contributed by atoms with E-state index in [0.717, 1.165) is 0 Å². The van der Waals surface area contributed by atoms with Gasteiger partial charge in [0.15, 0.2) is 5.71 Å². The van der Waals surface area contributed by atoms with Crippen LogP contribution in [-0.2, 0) is 15.4 Å². The van der Waals surface area contributed by atoms with Crippen molar-refractivity contribution in [3.05, 3.63) is 29.8 Å². The lowest BCUT2D eigenvalue weighted by Gasteiger charge is -2.19. The summed E-state index contributed by atoms with van der Waals surface area (Å²) in [5, 5.41) is 3.05. The number of oxime groups is 1. The van der Waals surface area contributed by atoms with Crippen molar-refractivity contribution in [1.82, 2.24) is 0 Å². The van der Waals surface area contributed by atoms with Crippen LogP contribution in [0.25, 0.3) is 0 Å². The van der Waals surface area contributed by atoms with Gasteiger partial charge in [-0.05, 0) is 36.1 Å². The summed E-state index contributed by atoms with van der Waals surface area (Å²) in [7, 11) is 0. The standard InChI is InChI=1S/C16H22F3NO3S/c1-5-10-24(21)23-20-14(16(17,18)19)12-6-8-13(9-7-12)22-11-15(2,3)4/h6-9H,5,10-11H2,1-4H3/b20-14-. The second-order valence-electron chi connectivity index (χ2n) is 6.39. The number of rotatable bonds is 7. The Morgan fingerprint density at radius 2 is 1.75 bits per heavy atom. The van der Waals surface area contributed by atoms with E-state index in [1.165, 1.54) is 24.3 Å².